The Labute approximate surface area is 155 Å². The van der Waals surface area contributed by atoms with Crippen LogP contribution in [-0.2, 0) is 6.42 Å². The van der Waals surface area contributed by atoms with Gasteiger partial charge in [-0.15, -0.1) is 12.4 Å². The maximum Gasteiger partial charge on any atom is 0.256 e. The van der Waals surface area contributed by atoms with Gasteiger partial charge in [-0.2, -0.15) is 0 Å². The molecular weight excluding hydrogens is 336 g/mol. The average molecular weight is 361 g/mol. The predicted molar refractivity (Wildman–Crippen MR) is 105 cm³/mol. The van der Waals surface area contributed by atoms with Crippen molar-refractivity contribution in [1.82, 2.24) is 0 Å². The fourth-order valence-corrected chi connectivity index (χ4v) is 2.86. The Bertz CT molecular complexity index is 731. The number of benzene rings is 2. The number of para-hydroxylation sites is 2. The number of anilines is 2. The number of ether oxygens (including phenoxy) is 1. The van der Waals surface area contributed by atoms with Crippen molar-refractivity contribution < 1.29 is 9.53 Å². The minimum Gasteiger partial charge on any atom is -0.491 e. The van der Waals surface area contributed by atoms with Gasteiger partial charge in [0, 0.05) is 17.8 Å². The van der Waals surface area contributed by atoms with Gasteiger partial charge in [-0.05, 0) is 48.6 Å². The Morgan fingerprint density at radius 1 is 1.20 bits per heavy atom. The van der Waals surface area contributed by atoms with E-state index in [2.05, 4.69) is 24.5 Å². The molecule has 0 saturated carbocycles. The van der Waals surface area contributed by atoms with Gasteiger partial charge in [0.25, 0.3) is 5.91 Å². The lowest BCUT2D eigenvalue weighted by Crippen LogP contribution is -2.19. The third kappa shape index (κ3) is 4.67. The predicted octanol–water partition coefficient (Wildman–Crippen LogP) is 4.75. The molecule has 5 heteroatoms. The van der Waals surface area contributed by atoms with Crippen LogP contribution in [0.3, 0.4) is 0 Å². The Balaban J connectivity index is 0.00000225. The molecule has 0 fully saturated rings. The molecule has 0 radical (unpaired) electrons. The van der Waals surface area contributed by atoms with Crippen molar-refractivity contribution in [3.05, 3.63) is 53.6 Å². The molecular formula is C20H25ClN2O2. The summed E-state index contributed by atoms with van der Waals surface area (Å²) in [5.74, 6) is 1.06. The Hall–Kier alpha value is -2.20. The Morgan fingerprint density at radius 2 is 2.00 bits per heavy atom. The third-order valence-electron chi connectivity index (χ3n) is 4.05. The van der Waals surface area contributed by atoms with Crippen molar-refractivity contribution in [2.45, 2.75) is 26.7 Å². The number of amides is 1. The van der Waals surface area contributed by atoms with Gasteiger partial charge in [-0.1, -0.05) is 32.0 Å². The first-order valence-electron chi connectivity index (χ1n) is 8.54. The van der Waals surface area contributed by atoms with Gasteiger partial charge in [-0.3, -0.25) is 4.79 Å². The minimum absolute atomic E-state index is 0. The van der Waals surface area contributed by atoms with Crippen LogP contribution in [0.1, 0.15) is 36.2 Å². The SMILES string of the molecule is CC(C)COc1ccccc1NC(=O)c1cccc2c1CCCN2.Cl. The van der Waals surface area contributed by atoms with Crippen LogP contribution >= 0.6 is 12.4 Å². The molecule has 2 N–H and O–H groups in total. The van der Waals surface area contributed by atoms with E-state index in [-0.39, 0.29) is 18.3 Å². The molecule has 0 unspecified atom stereocenters. The van der Waals surface area contributed by atoms with E-state index >= 15 is 0 Å². The first kappa shape index (κ1) is 19.1. The summed E-state index contributed by atoms with van der Waals surface area (Å²) < 4.78 is 5.82. The number of hydrogen-bond donors (Lipinski definition) is 2. The summed E-state index contributed by atoms with van der Waals surface area (Å²) in [6.45, 7) is 5.79. The molecule has 0 atom stereocenters. The molecule has 0 saturated heterocycles. The number of halogens is 1. The fourth-order valence-electron chi connectivity index (χ4n) is 2.86. The van der Waals surface area contributed by atoms with Crippen LogP contribution < -0.4 is 15.4 Å². The van der Waals surface area contributed by atoms with E-state index in [1.165, 1.54) is 0 Å². The van der Waals surface area contributed by atoms with E-state index in [4.69, 9.17) is 4.74 Å². The molecule has 0 spiro atoms. The van der Waals surface area contributed by atoms with E-state index < -0.39 is 0 Å². The van der Waals surface area contributed by atoms with E-state index in [1.54, 1.807) is 0 Å². The van der Waals surface area contributed by atoms with Crippen molar-refractivity contribution in [3.8, 4) is 5.75 Å². The Kier molecular flexibility index (Phi) is 6.71. The summed E-state index contributed by atoms with van der Waals surface area (Å²) in [4.78, 5) is 12.8. The molecule has 134 valence electrons. The highest BCUT2D eigenvalue weighted by atomic mass is 35.5. The van der Waals surface area contributed by atoms with Gasteiger partial charge >= 0.3 is 0 Å². The molecule has 0 aliphatic carbocycles. The zero-order valence-corrected chi connectivity index (χ0v) is 15.5. The lowest BCUT2D eigenvalue weighted by atomic mass is 9.97. The second kappa shape index (κ2) is 8.77. The fraction of sp³-hybridized carbons (Fsp3) is 0.350. The molecule has 1 aliphatic rings. The number of carbonyl (C=O) groups is 1. The smallest absolute Gasteiger partial charge is 0.256 e. The first-order chi connectivity index (χ1) is 11.6. The zero-order valence-electron chi connectivity index (χ0n) is 14.7. The molecule has 4 nitrogen and oxygen atoms in total. The van der Waals surface area contributed by atoms with E-state index in [0.29, 0.717) is 24.0 Å². The molecule has 1 aliphatic heterocycles. The van der Waals surface area contributed by atoms with E-state index in [9.17, 15) is 4.79 Å². The third-order valence-corrected chi connectivity index (χ3v) is 4.05. The molecule has 0 bridgehead atoms. The molecule has 25 heavy (non-hydrogen) atoms. The average Bonchev–Trinajstić information content (AvgIpc) is 2.60. The molecule has 1 heterocycles. The number of fused-ring (bicyclic) bond motifs is 1. The van der Waals surface area contributed by atoms with Gasteiger partial charge in [0.2, 0.25) is 0 Å². The number of nitrogens with one attached hydrogen (secondary N) is 2. The Morgan fingerprint density at radius 3 is 2.80 bits per heavy atom. The highest BCUT2D eigenvalue weighted by Crippen LogP contribution is 2.28. The van der Waals surface area contributed by atoms with Crippen LogP contribution in [0.5, 0.6) is 5.75 Å². The second-order valence-electron chi connectivity index (χ2n) is 6.52. The summed E-state index contributed by atoms with van der Waals surface area (Å²) in [7, 11) is 0. The summed E-state index contributed by atoms with van der Waals surface area (Å²) in [6.07, 6.45) is 1.98. The van der Waals surface area contributed by atoms with Crippen LogP contribution in [0, 0.1) is 5.92 Å². The van der Waals surface area contributed by atoms with E-state index in [0.717, 1.165) is 36.2 Å². The minimum atomic E-state index is -0.0869. The molecule has 0 aromatic heterocycles. The number of carbonyl (C=O) groups excluding carboxylic acids is 1. The van der Waals surface area contributed by atoms with Gasteiger partial charge in [0.1, 0.15) is 5.75 Å². The highest BCUT2D eigenvalue weighted by molar-refractivity contribution is 6.07. The molecule has 3 rings (SSSR count). The highest BCUT2D eigenvalue weighted by Gasteiger charge is 2.18. The molecule has 1 amide bonds. The monoisotopic (exact) mass is 360 g/mol. The lowest BCUT2D eigenvalue weighted by Gasteiger charge is -2.21. The standard InChI is InChI=1S/C20H24N2O2.ClH/c1-14(2)13-24-19-11-4-3-9-18(19)22-20(23)16-7-5-10-17-15(16)8-6-12-21-17;/h3-5,7,9-11,14,21H,6,8,12-13H2,1-2H3,(H,22,23);1H. The van der Waals surface area contributed by atoms with Crippen molar-refractivity contribution >= 4 is 29.7 Å². The van der Waals surface area contributed by atoms with Crippen molar-refractivity contribution in [1.29, 1.82) is 0 Å². The van der Waals surface area contributed by atoms with Gasteiger partial charge < -0.3 is 15.4 Å². The zero-order chi connectivity index (χ0) is 16.9. The van der Waals surface area contributed by atoms with Crippen molar-refractivity contribution in [2.75, 3.05) is 23.8 Å². The topological polar surface area (TPSA) is 50.4 Å². The maximum atomic E-state index is 12.8. The van der Waals surface area contributed by atoms with Crippen molar-refractivity contribution in [3.63, 3.8) is 0 Å². The van der Waals surface area contributed by atoms with Gasteiger partial charge in [0.05, 0.1) is 12.3 Å². The van der Waals surface area contributed by atoms with Crippen molar-refractivity contribution in [2.24, 2.45) is 5.92 Å². The van der Waals surface area contributed by atoms with Crippen LogP contribution in [0.4, 0.5) is 11.4 Å². The second-order valence-corrected chi connectivity index (χ2v) is 6.52. The normalized spacial score (nSPS) is 12.6. The van der Waals surface area contributed by atoms with Gasteiger partial charge in [0.15, 0.2) is 0 Å². The summed E-state index contributed by atoms with van der Waals surface area (Å²) in [5, 5.41) is 6.37. The van der Waals surface area contributed by atoms with Crippen LogP contribution in [0.25, 0.3) is 0 Å². The van der Waals surface area contributed by atoms with E-state index in [1.807, 2.05) is 42.5 Å². The summed E-state index contributed by atoms with van der Waals surface area (Å²) in [6, 6.07) is 13.4. The number of hydrogen-bond acceptors (Lipinski definition) is 3. The van der Waals surface area contributed by atoms with Crippen LogP contribution in [0.2, 0.25) is 0 Å². The molecule has 2 aromatic rings. The summed E-state index contributed by atoms with van der Waals surface area (Å²) in [5.41, 5.74) is 3.61. The van der Waals surface area contributed by atoms with Gasteiger partial charge in [-0.25, -0.2) is 0 Å². The molecule has 2 aromatic carbocycles. The number of rotatable bonds is 5. The van der Waals surface area contributed by atoms with Crippen LogP contribution in [0.15, 0.2) is 42.5 Å². The largest absolute Gasteiger partial charge is 0.491 e. The maximum absolute atomic E-state index is 12.8. The van der Waals surface area contributed by atoms with Crippen LogP contribution in [-0.4, -0.2) is 19.1 Å². The lowest BCUT2D eigenvalue weighted by molar-refractivity contribution is 0.102. The quantitative estimate of drug-likeness (QED) is 0.808. The summed E-state index contributed by atoms with van der Waals surface area (Å²) >= 11 is 0. The first-order valence-corrected chi connectivity index (χ1v) is 8.54.